The van der Waals surface area contributed by atoms with Crippen molar-refractivity contribution < 1.29 is 9.47 Å². The number of hydrogen-bond acceptors (Lipinski definition) is 5. The summed E-state index contributed by atoms with van der Waals surface area (Å²) in [6.45, 7) is 15.7. The summed E-state index contributed by atoms with van der Waals surface area (Å²) >= 11 is 0. The highest BCUT2D eigenvalue weighted by molar-refractivity contribution is 5.66. The Morgan fingerprint density at radius 3 is 2.03 bits per heavy atom. The van der Waals surface area contributed by atoms with Crippen LogP contribution < -0.4 is 10.5 Å². The summed E-state index contributed by atoms with van der Waals surface area (Å²) in [4.78, 5) is 5.14. The molecule has 3 aromatic rings. The molecular formula is C33H43N3O2. The van der Waals surface area contributed by atoms with Crippen molar-refractivity contribution in [1.82, 2.24) is 9.80 Å². The van der Waals surface area contributed by atoms with E-state index in [2.05, 4.69) is 98.2 Å². The highest BCUT2D eigenvalue weighted by Gasteiger charge is 2.39. The van der Waals surface area contributed by atoms with Gasteiger partial charge in [0, 0.05) is 63.5 Å². The third-order valence-corrected chi connectivity index (χ3v) is 8.47. The minimum atomic E-state index is -0.196. The van der Waals surface area contributed by atoms with Gasteiger partial charge in [0.15, 0.2) is 0 Å². The SMILES string of the molecule is Cc1c(C)c2c(c(C)c1N)CC(C)(CN1CCN(CCCOC(c3ccccc3)c3ccccc3)CC1)O2. The summed E-state index contributed by atoms with van der Waals surface area (Å²) in [6, 6.07) is 21.1. The lowest BCUT2D eigenvalue weighted by Gasteiger charge is -2.38. The number of piperazine rings is 1. The van der Waals surface area contributed by atoms with E-state index < -0.39 is 0 Å². The monoisotopic (exact) mass is 513 g/mol. The average molecular weight is 514 g/mol. The molecule has 0 radical (unpaired) electrons. The van der Waals surface area contributed by atoms with Gasteiger partial charge >= 0.3 is 0 Å². The minimum Gasteiger partial charge on any atom is -0.485 e. The molecular weight excluding hydrogens is 470 g/mol. The lowest BCUT2D eigenvalue weighted by Crippen LogP contribution is -2.52. The summed E-state index contributed by atoms with van der Waals surface area (Å²) in [6.07, 6.45) is 1.95. The van der Waals surface area contributed by atoms with Crippen LogP contribution >= 0.6 is 0 Å². The van der Waals surface area contributed by atoms with E-state index in [-0.39, 0.29) is 11.7 Å². The maximum atomic E-state index is 6.62. The van der Waals surface area contributed by atoms with Gasteiger partial charge in [-0.15, -0.1) is 0 Å². The topological polar surface area (TPSA) is 51.0 Å². The highest BCUT2D eigenvalue weighted by atomic mass is 16.5. The molecule has 202 valence electrons. The van der Waals surface area contributed by atoms with E-state index in [1.54, 1.807) is 0 Å². The number of rotatable bonds is 9. The number of anilines is 1. The van der Waals surface area contributed by atoms with Crippen LogP contribution in [0.3, 0.4) is 0 Å². The van der Waals surface area contributed by atoms with E-state index in [0.29, 0.717) is 0 Å². The van der Waals surface area contributed by atoms with E-state index in [9.17, 15) is 0 Å². The molecule has 0 spiro atoms. The molecule has 0 amide bonds. The fourth-order valence-electron chi connectivity index (χ4n) is 6.08. The zero-order chi connectivity index (χ0) is 26.7. The Morgan fingerprint density at radius 2 is 1.42 bits per heavy atom. The standard InChI is InChI=1S/C33H43N3O2/c1-24-25(2)31-29(26(3)30(24)34)22-33(4,38-31)23-36-19-17-35(18-20-36)16-11-21-37-32(27-12-7-5-8-13-27)28-14-9-6-10-15-28/h5-10,12-15,32H,11,16-23,34H2,1-4H3. The van der Waals surface area contributed by atoms with Crippen LogP contribution in [0.1, 0.15) is 52.8 Å². The normalized spacial score (nSPS) is 20.0. The molecule has 2 aliphatic rings. The fraction of sp³-hybridized carbons (Fsp3) is 0.455. The number of ether oxygens (including phenoxy) is 2. The summed E-state index contributed by atoms with van der Waals surface area (Å²) < 4.78 is 13.1. The Morgan fingerprint density at radius 1 is 0.842 bits per heavy atom. The van der Waals surface area contributed by atoms with Gasteiger partial charge < -0.3 is 20.1 Å². The molecule has 38 heavy (non-hydrogen) atoms. The first-order valence-corrected chi connectivity index (χ1v) is 14.1. The van der Waals surface area contributed by atoms with Crippen LogP contribution in [0.2, 0.25) is 0 Å². The predicted molar refractivity (Wildman–Crippen MR) is 156 cm³/mol. The van der Waals surface area contributed by atoms with Crippen molar-refractivity contribution in [3.8, 4) is 5.75 Å². The zero-order valence-electron chi connectivity index (χ0n) is 23.5. The van der Waals surface area contributed by atoms with Crippen LogP contribution in [0.4, 0.5) is 5.69 Å². The molecule has 1 unspecified atom stereocenters. The van der Waals surface area contributed by atoms with Crippen LogP contribution in [0.5, 0.6) is 5.75 Å². The molecule has 0 saturated carbocycles. The molecule has 5 rings (SSSR count). The van der Waals surface area contributed by atoms with Crippen molar-refractivity contribution in [3.63, 3.8) is 0 Å². The van der Waals surface area contributed by atoms with Crippen LogP contribution in [-0.2, 0) is 11.2 Å². The summed E-state index contributed by atoms with van der Waals surface area (Å²) in [5, 5.41) is 0. The largest absolute Gasteiger partial charge is 0.485 e. The smallest absolute Gasteiger partial charge is 0.127 e. The van der Waals surface area contributed by atoms with Crippen LogP contribution in [-0.4, -0.2) is 61.3 Å². The Balaban J connectivity index is 1.09. The van der Waals surface area contributed by atoms with E-state index in [4.69, 9.17) is 15.2 Å². The second-order valence-corrected chi connectivity index (χ2v) is 11.4. The van der Waals surface area contributed by atoms with Crippen LogP contribution in [0.25, 0.3) is 0 Å². The van der Waals surface area contributed by atoms with Gasteiger partial charge in [-0.25, -0.2) is 0 Å². The first-order chi connectivity index (χ1) is 18.3. The Kier molecular flexibility index (Phi) is 8.08. The first kappa shape index (κ1) is 26.7. The summed E-state index contributed by atoms with van der Waals surface area (Å²) in [5.74, 6) is 1.07. The lowest BCUT2D eigenvalue weighted by atomic mass is 9.91. The predicted octanol–water partition coefficient (Wildman–Crippen LogP) is 5.70. The molecule has 2 N–H and O–H groups in total. The number of fused-ring (bicyclic) bond motifs is 1. The van der Waals surface area contributed by atoms with Crippen LogP contribution in [0.15, 0.2) is 60.7 Å². The number of hydrogen-bond donors (Lipinski definition) is 1. The maximum absolute atomic E-state index is 6.62. The third-order valence-electron chi connectivity index (χ3n) is 8.47. The number of nitrogens with two attached hydrogens (primary N) is 1. The Bertz CT molecular complexity index is 1140. The third kappa shape index (κ3) is 5.75. The van der Waals surface area contributed by atoms with Gasteiger partial charge in [-0.3, -0.25) is 4.90 Å². The van der Waals surface area contributed by atoms with Crippen molar-refractivity contribution in [2.24, 2.45) is 0 Å². The molecule has 3 aromatic carbocycles. The second-order valence-electron chi connectivity index (χ2n) is 11.4. The Labute approximate surface area is 228 Å². The molecule has 0 bridgehead atoms. The molecule has 5 heteroatoms. The fourth-order valence-corrected chi connectivity index (χ4v) is 6.08. The number of benzene rings is 3. The lowest BCUT2D eigenvalue weighted by molar-refractivity contribution is 0.0325. The second kappa shape index (κ2) is 11.5. The number of nitrogen functional groups attached to an aromatic ring is 1. The molecule has 0 aliphatic carbocycles. The van der Waals surface area contributed by atoms with Crippen molar-refractivity contribution >= 4 is 5.69 Å². The molecule has 1 atom stereocenters. The van der Waals surface area contributed by atoms with Crippen molar-refractivity contribution in [2.75, 3.05) is 51.6 Å². The first-order valence-electron chi connectivity index (χ1n) is 14.1. The minimum absolute atomic E-state index is 0.0167. The van der Waals surface area contributed by atoms with Gasteiger partial charge in [0.25, 0.3) is 0 Å². The van der Waals surface area contributed by atoms with Crippen molar-refractivity contribution in [1.29, 1.82) is 0 Å². The molecule has 1 saturated heterocycles. The van der Waals surface area contributed by atoms with Crippen molar-refractivity contribution in [3.05, 3.63) is 94.0 Å². The zero-order valence-corrected chi connectivity index (χ0v) is 23.5. The molecule has 1 fully saturated rings. The average Bonchev–Trinajstić information content (AvgIpc) is 3.30. The van der Waals surface area contributed by atoms with Gasteiger partial charge in [-0.1, -0.05) is 60.7 Å². The van der Waals surface area contributed by atoms with E-state index in [1.165, 1.54) is 27.8 Å². The summed E-state index contributed by atoms with van der Waals surface area (Å²) in [5.41, 5.74) is 14.4. The highest BCUT2D eigenvalue weighted by Crippen LogP contribution is 2.44. The van der Waals surface area contributed by atoms with E-state index in [0.717, 1.165) is 75.7 Å². The van der Waals surface area contributed by atoms with Gasteiger partial charge in [0.1, 0.15) is 17.5 Å². The van der Waals surface area contributed by atoms with E-state index >= 15 is 0 Å². The molecule has 2 heterocycles. The van der Waals surface area contributed by atoms with E-state index in [1.807, 2.05) is 0 Å². The van der Waals surface area contributed by atoms with Gasteiger partial charge in [0.2, 0.25) is 0 Å². The van der Waals surface area contributed by atoms with Gasteiger partial charge in [-0.2, -0.15) is 0 Å². The number of nitrogens with zero attached hydrogens (tertiary/aromatic N) is 2. The van der Waals surface area contributed by atoms with Gasteiger partial charge in [-0.05, 0) is 61.9 Å². The van der Waals surface area contributed by atoms with Gasteiger partial charge in [0.05, 0.1) is 0 Å². The maximum Gasteiger partial charge on any atom is 0.127 e. The quantitative estimate of drug-likeness (QED) is 0.294. The van der Waals surface area contributed by atoms with Crippen LogP contribution in [0, 0.1) is 20.8 Å². The molecule has 2 aliphatic heterocycles. The molecule has 5 nitrogen and oxygen atoms in total. The molecule has 0 aromatic heterocycles. The Hall–Kier alpha value is -2.86. The van der Waals surface area contributed by atoms with Crippen molar-refractivity contribution in [2.45, 2.75) is 52.2 Å². The summed E-state index contributed by atoms with van der Waals surface area (Å²) in [7, 11) is 0.